The van der Waals surface area contributed by atoms with Crippen molar-refractivity contribution >= 4 is 44.8 Å². The summed E-state index contributed by atoms with van der Waals surface area (Å²) in [4.78, 5) is 16.2. The van der Waals surface area contributed by atoms with Crippen LogP contribution in [0.1, 0.15) is 15.9 Å². The number of pyridine rings is 1. The number of hydrogen-bond donors (Lipinski definition) is 1. The van der Waals surface area contributed by atoms with Gasteiger partial charge >= 0.3 is 0 Å². The number of halogens is 2. The first-order valence-corrected chi connectivity index (χ1v) is 8.98. The topological polar surface area (TPSA) is 79.4 Å². The van der Waals surface area contributed by atoms with Crippen molar-refractivity contribution in [1.29, 1.82) is 0 Å². The smallest absolute Gasteiger partial charge is 0.255 e. The molecule has 24 heavy (non-hydrogen) atoms. The van der Waals surface area contributed by atoms with Crippen LogP contribution in [-0.2, 0) is 10.0 Å². The molecule has 0 atom stereocenters. The zero-order valence-corrected chi connectivity index (χ0v) is 15.5. The molecule has 0 aliphatic carbocycles. The Morgan fingerprint density at radius 2 is 1.71 bits per heavy atom. The Balaban J connectivity index is 2.36. The first kappa shape index (κ1) is 18.7. The summed E-state index contributed by atoms with van der Waals surface area (Å²) in [6, 6.07) is 7.39. The fourth-order valence-electron chi connectivity index (χ4n) is 1.95. The van der Waals surface area contributed by atoms with E-state index in [1.165, 1.54) is 32.3 Å². The van der Waals surface area contributed by atoms with E-state index >= 15 is 0 Å². The number of nitrogens with zero attached hydrogens (tertiary/aromatic N) is 2. The van der Waals surface area contributed by atoms with E-state index in [-0.39, 0.29) is 20.8 Å². The number of hydrogen-bond acceptors (Lipinski definition) is 4. The first-order valence-electron chi connectivity index (χ1n) is 6.79. The van der Waals surface area contributed by atoms with Gasteiger partial charge in [0.25, 0.3) is 5.91 Å². The second kappa shape index (κ2) is 7.06. The van der Waals surface area contributed by atoms with Crippen molar-refractivity contribution < 1.29 is 13.2 Å². The number of benzene rings is 1. The normalized spacial score (nSPS) is 11.6. The second-order valence-electron chi connectivity index (χ2n) is 5.22. The summed E-state index contributed by atoms with van der Waals surface area (Å²) in [6.07, 6.45) is 0. The van der Waals surface area contributed by atoms with Crippen LogP contribution >= 0.6 is 23.2 Å². The zero-order valence-electron chi connectivity index (χ0n) is 13.2. The van der Waals surface area contributed by atoms with E-state index in [4.69, 9.17) is 23.2 Å². The van der Waals surface area contributed by atoms with Gasteiger partial charge in [0, 0.05) is 25.3 Å². The van der Waals surface area contributed by atoms with Crippen LogP contribution in [-0.4, -0.2) is 37.7 Å². The Morgan fingerprint density at radius 1 is 1.12 bits per heavy atom. The molecule has 0 spiro atoms. The summed E-state index contributed by atoms with van der Waals surface area (Å²) >= 11 is 11.6. The van der Waals surface area contributed by atoms with E-state index in [1.807, 2.05) is 0 Å². The highest BCUT2D eigenvalue weighted by Gasteiger charge is 2.20. The molecule has 128 valence electrons. The maximum atomic E-state index is 12.3. The standard InChI is InChI=1S/C15H15Cl2N3O3S/c1-9-4-5-11(8-12(9)24(22,23)20(2)3)18-15(21)10-6-13(16)19-14(17)7-10/h4-8H,1-3H3,(H,18,21). The van der Waals surface area contributed by atoms with Gasteiger partial charge < -0.3 is 5.32 Å². The Bertz CT molecular complexity index is 879. The molecule has 1 aromatic heterocycles. The van der Waals surface area contributed by atoms with Crippen LogP contribution in [0.25, 0.3) is 0 Å². The Morgan fingerprint density at radius 3 is 2.25 bits per heavy atom. The van der Waals surface area contributed by atoms with Crippen molar-refractivity contribution in [3.8, 4) is 0 Å². The van der Waals surface area contributed by atoms with Crippen LogP contribution in [0, 0.1) is 6.92 Å². The maximum absolute atomic E-state index is 12.3. The quantitative estimate of drug-likeness (QED) is 0.816. The molecule has 0 aliphatic heterocycles. The molecular weight excluding hydrogens is 373 g/mol. The molecule has 1 aromatic carbocycles. The largest absolute Gasteiger partial charge is 0.322 e. The minimum absolute atomic E-state index is 0.0902. The molecule has 1 N–H and O–H groups in total. The number of aryl methyl sites for hydroxylation is 1. The number of carbonyl (C=O) groups excluding carboxylic acids is 1. The van der Waals surface area contributed by atoms with E-state index in [1.54, 1.807) is 19.1 Å². The van der Waals surface area contributed by atoms with Crippen LogP contribution in [0.5, 0.6) is 0 Å². The lowest BCUT2D eigenvalue weighted by atomic mass is 10.2. The van der Waals surface area contributed by atoms with Gasteiger partial charge in [-0.25, -0.2) is 17.7 Å². The molecule has 0 unspecified atom stereocenters. The summed E-state index contributed by atoms with van der Waals surface area (Å²) in [5.74, 6) is -0.474. The summed E-state index contributed by atoms with van der Waals surface area (Å²) in [5.41, 5.74) is 1.14. The molecule has 0 saturated carbocycles. The molecule has 0 saturated heterocycles. The molecule has 0 aliphatic rings. The Labute approximate surface area is 150 Å². The highest BCUT2D eigenvalue weighted by atomic mass is 35.5. The molecule has 1 amide bonds. The average Bonchev–Trinajstić information content (AvgIpc) is 2.47. The third-order valence-electron chi connectivity index (χ3n) is 3.23. The predicted octanol–water partition coefficient (Wildman–Crippen LogP) is 3.20. The van der Waals surface area contributed by atoms with Crippen molar-refractivity contribution in [2.45, 2.75) is 11.8 Å². The van der Waals surface area contributed by atoms with Gasteiger partial charge in [-0.2, -0.15) is 0 Å². The lowest BCUT2D eigenvalue weighted by Gasteiger charge is -2.15. The molecule has 2 aromatic rings. The zero-order chi connectivity index (χ0) is 18.1. The fraction of sp³-hybridized carbons (Fsp3) is 0.200. The average molecular weight is 388 g/mol. The Kier molecular flexibility index (Phi) is 5.49. The lowest BCUT2D eigenvalue weighted by Crippen LogP contribution is -2.23. The summed E-state index contributed by atoms with van der Waals surface area (Å²) in [6.45, 7) is 1.68. The third kappa shape index (κ3) is 4.05. The van der Waals surface area contributed by atoms with E-state index in [0.29, 0.717) is 11.3 Å². The van der Waals surface area contributed by atoms with Gasteiger partial charge in [0.1, 0.15) is 10.3 Å². The molecule has 6 nitrogen and oxygen atoms in total. The molecule has 0 bridgehead atoms. The number of amides is 1. The second-order valence-corrected chi connectivity index (χ2v) is 8.12. The van der Waals surface area contributed by atoms with Crippen molar-refractivity contribution in [2.24, 2.45) is 0 Å². The molecule has 2 rings (SSSR count). The van der Waals surface area contributed by atoms with Gasteiger partial charge in [0.2, 0.25) is 10.0 Å². The van der Waals surface area contributed by atoms with E-state index in [0.717, 1.165) is 4.31 Å². The van der Waals surface area contributed by atoms with Gasteiger partial charge in [-0.1, -0.05) is 29.3 Å². The van der Waals surface area contributed by atoms with Crippen LogP contribution in [0.2, 0.25) is 10.3 Å². The van der Waals surface area contributed by atoms with Crippen molar-refractivity contribution in [1.82, 2.24) is 9.29 Å². The Hall–Kier alpha value is -1.67. The van der Waals surface area contributed by atoms with Crippen molar-refractivity contribution in [3.63, 3.8) is 0 Å². The van der Waals surface area contributed by atoms with E-state index in [9.17, 15) is 13.2 Å². The van der Waals surface area contributed by atoms with Gasteiger partial charge in [-0.15, -0.1) is 0 Å². The number of anilines is 1. The first-order chi connectivity index (χ1) is 11.1. The number of carbonyl (C=O) groups is 1. The van der Waals surface area contributed by atoms with Crippen molar-refractivity contribution in [3.05, 3.63) is 51.8 Å². The van der Waals surface area contributed by atoms with Gasteiger partial charge in [-0.3, -0.25) is 4.79 Å². The molecular formula is C15H15Cl2N3O3S. The molecule has 1 heterocycles. The van der Waals surface area contributed by atoms with E-state index in [2.05, 4.69) is 10.3 Å². The third-order valence-corrected chi connectivity index (χ3v) is 5.57. The molecule has 9 heteroatoms. The minimum Gasteiger partial charge on any atom is -0.322 e. The summed E-state index contributed by atoms with van der Waals surface area (Å²) < 4.78 is 25.8. The number of sulfonamides is 1. The number of nitrogens with one attached hydrogen (secondary N) is 1. The number of rotatable bonds is 4. The lowest BCUT2D eigenvalue weighted by molar-refractivity contribution is 0.102. The van der Waals surface area contributed by atoms with Crippen molar-refractivity contribution in [2.75, 3.05) is 19.4 Å². The van der Waals surface area contributed by atoms with Gasteiger partial charge in [0.15, 0.2) is 0 Å². The van der Waals surface area contributed by atoms with Crippen LogP contribution < -0.4 is 5.32 Å². The fourth-order valence-corrected chi connectivity index (χ4v) is 3.56. The monoisotopic (exact) mass is 387 g/mol. The highest BCUT2D eigenvalue weighted by molar-refractivity contribution is 7.89. The van der Waals surface area contributed by atoms with E-state index < -0.39 is 15.9 Å². The minimum atomic E-state index is -3.61. The van der Waals surface area contributed by atoms with Crippen LogP contribution in [0.4, 0.5) is 5.69 Å². The van der Waals surface area contributed by atoms with Gasteiger partial charge in [0.05, 0.1) is 4.90 Å². The number of aromatic nitrogens is 1. The van der Waals surface area contributed by atoms with Crippen LogP contribution in [0.3, 0.4) is 0 Å². The van der Waals surface area contributed by atoms with Crippen LogP contribution in [0.15, 0.2) is 35.2 Å². The van der Waals surface area contributed by atoms with Gasteiger partial charge in [-0.05, 0) is 36.8 Å². The molecule has 0 radical (unpaired) electrons. The summed E-state index contributed by atoms with van der Waals surface area (Å²) in [5, 5.41) is 2.80. The highest BCUT2D eigenvalue weighted by Crippen LogP contribution is 2.23. The predicted molar refractivity (Wildman–Crippen MR) is 94.3 cm³/mol. The molecule has 0 fully saturated rings. The maximum Gasteiger partial charge on any atom is 0.255 e. The SMILES string of the molecule is Cc1ccc(NC(=O)c2cc(Cl)nc(Cl)c2)cc1S(=O)(=O)N(C)C. The summed E-state index contributed by atoms with van der Waals surface area (Å²) in [7, 11) is -0.723.